The number of Topliss-reactive ketones (excluding diaryl/α,β-unsaturated/α-hetero) is 1. The van der Waals surface area contributed by atoms with Gasteiger partial charge in [0.05, 0.1) is 18.5 Å². The molecule has 102 valence electrons. The van der Waals surface area contributed by atoms with Gasteiger partial charge in [-0.2, -0.15) is 5.26 Å². The van der Waals surface area contributed by atoms with E-state index in [1.807, 2.05) is 6.07 Å². The average Bonchev–Trinajstić information content (AvgIpc) is 2.25. The van der Waals surface area contributed by atoms with Gasteiger partial charge in [0.2, 0.25) is 0 Å². The van der Waals surface area contributed by atoms with Crippen molar-refractivity contribution in [2.45, 2.75) is 45.8 Å². The minimum absolute atomic E-state index is 0.0956. The Morgan fingerprint density at radius 1 is 1.44 bits per heavy atom. The second-order valence-electron chi connectivity index (χ2n) is 4.88. The molecule has 0 aliphatic rings. The molecule has 0 heterocycles. The van der Waals surface area contributed by atoms with Gasteiger partial charge in [0.25, 0.3) is 0 Å². The lowest BCUT2D eigenvalue weighted by atomic mass is 10.2. The van der Waals surface area contributed by atoms with E-state index in [2.05, 4.69) is 0 Å². The van der Waals surface area contributed by atoms with Crippen LogP contribution in [0.4, 0.5) is 4.79 Å². The number of ketones is 1. The lowest BCUT2D eigenvalue weighted by Crippen LogP contribution is -2.46. The third kappa shape index (κ3) is 5.64. The number of carbonyl (C=O) groups is 2. The van der Waals surface area contributed by atoms with Crippen molar-refractivity contribution in [2.24, 2.45) is 0 Å². The summed E-state index contributed by atoms with van der Waals surface area (Å²) in [4.78, 5) is 24.5. The molecule has 1 N–H and O–H groups in total. The van der Waals surface area contributed by atoms with E-state index in [1.165, 1.54) is 6.92 Å². The average molecular weight is 256 g/mol. The molecule has 0 aliphatic heterocycles. The van der Waals surface area contributed by atoms with Crippen LogP contribution in [0.3, 0.4) is 0 Å². The van der Waals surface area contributed by atoms with E-state index in [0.29, 0.717) is 0 Å². The molecule has 0 spiro atoms. The Morgan fingerprint density at radius 2 is 2.00 bits per heavy atom. The van der Waals surface area contributed by atoms with Crippen LogP contribution >= 0.6 is 0 Å². The molecule has 0 aromatic carbocycles. The first-order valence-electron chi connectivity index (χ1n) is 5.73. The monoisotopic (exact) mass is 256 g/mol. The van der Waals surface area contributed by atoms with Crippen molar-refractivity contribution in [1.29, 1.82) is 5.26 Å². The molecule has 0 aliphatic carbocycles. The molecule has 0 saturated heterocycles. The van der Waals surface area contributed by atoms with Gasteiger partial charge in [-0.3, -0.25) is 9.69 Å². The minimum Gasteiger partial charge on any atom is -0.444 e. The van der Waals surface area contributed by atoms with Crippen molar-refractivity contribution in [3.63, 3.8) is 0 Å². The van der Waals surface area contributed by atoms with Gasteiger partial charge in [0.1, 0.15) is 12.2 Å². The molecular formula is C12H20N2O4. The molecule has 0 bridgehead atoms. The summed E-state index contributed by atoms with van der Waals surface area (Å²) < 4.78 is 5.16. The Kier molecular flexibility index (Phi) is 6.34. The van der Waals surface area contributed by atoms with E-state index in [0.717, 1.165) is 4.90 Å². The van der Waals surface area contributed by atoms with Gasteiger partial charge in [0.15, 0.2) is 5.78 Å². The molecule has 0 radical (unpaired) electrons. The number of aliphatic hydroxyl groups is 1. The van der Waals surface area contributed by atoms with E-state index in [4.69, 9.17) is 15.1 Å². The summed E-state index contributed by atoms with van der Waals surface area (Å²) in [6.07, 6.45) is -0.561. The van der Waals surface area contributed by atoms with Crippen molar-refractivity contribution >= 4 is 11.9 Å². The molecule has 0 fully saturated rings. The van der Waals surface area contributed by atoms with Gasteiger partial charge in [-0.15, -0.1) is 0 Å². The minimum atomic E-state index is -0.807. The Balaban J connectivity index is 4.83. The molecule has 0 aromatic heterocycles. The van der Waals surface area contributed by atoms with Crippen molar-refractivity contribution < 1.29 is 19.4 Å². The number of hydrogen-bond acceptors (Lipinski definition) is 5. The number of ether oxygens (including phenoxy) is 1. The van der Waals surface area contributed by atoms with E-state index in [-0.39, 0.29) is 13.0 Å². The molecular weight excluding hydrogens is 236 g/mol. The smallest absolute Gasteiger partial charge is 0.410 e. The van der Waals surface area contributed by atoms with Crippen molar-refractivity contribution in [3.05, 3.63) is 0 Å². The Morgan fingerprint density at radius 3 is 2.39 bits per heavy atom. The third-order valence-electron chi connectivity index (χ3n) is 2.18. The highest BCUT2D eigenvalue weighted by molar-refractivity contribution is 5.87. The Labute approximate surface area is 107 Å². The number of amides is 1. The summed E-state index contributed by atoms with van der Waals surface area (Å²) in [5.41, 5.74) is -0.677. The number of aliphatic hydroxyl groups excluding tert-OH is 1. The van der Waals surface area contributed by atoms with E-state index in [9.17, 15) is 9.59 Å². The van der Waals surface area contributed by atoms with Crippen molar-refractivity contribution in [3.8, 4) is 6.07 Å². The predicted molar refractivity (Wildman–Crippen MR) is 64.7 cm³/mol. The summed E-state index contributed by atoms with van der Waals surface area (Å²) in [5.74, 6) is -0.487. The highest BCUT2D eigenvalue weighted by Crippen LogP contribution is 2.12. The normalized spacial score (nSPS) is 12.4. The fourth-order valence-electron chi connectivity index (χ4n) is 1.24. The molecule has 6 nitrogen and oxygen atoms in total. The highest BCUT2D eigenvalue weighted by Gasteiger charge is 2.28. The standard InChI is InChI=1S/C12H20N2O4/c1-9(10(16)8-15)14(7-5-6-13)11(17)18-12(2,3)4/h9,15H,5,7-8H2,1-4H3/t9-/m1/s1. The maximum absolute atomic E-state index is 11.9. The highest BCUT2D eigenvalue weighted by atomic mass is 16.6. The second-order valence-corrected chi connectivity index (χ2v) is 4.88. The maximum Gasteiger partial charge on any atom is 0.410 e. The SMILES string of the molecule is C[C@H](C(=O)CO)N(CCC#N)C(=O)OC(C)(C)C. The number of nitrogens with zero attached hydrogens (tertiary/aromatic N) is 2. The second kappa shape index (κ2) is 6.97. The van der Waals surface area contributed by atoms with Gasteiger partial charge in [-0.1, -0.05) is 0 Å². The molecule has 0 saturated carbocycles. The molecule has 0 unspecified atom stereocenters. The van der Waals surface area contributed by atoms with Crippen molar-refractivity contribution in [2.75, 3.05) is 13.2 Å². The summed E-state index contributed by atoms with van der Waals surface area (Å²) in [7, 11) is 0. The molecule has 0 rings (SSSR count). The lowest BCUT2D eigenvalue weighted by molar-refractivity contribution is -0.126. The molecule has 0 aromatic rings. The largest absolute Gasteiger partial charge is 0.444 e. The van der Waals surface area contributed by atoms with Gasteiger partial charge in [0, 0.05) is 6.54 Å². The van der Waals surface area contributed by atoms with Crippen LogP contribution in [0.15, 0.2) is 0 Å². The van der Waals surface area contributed by atoms with Crippen LogP contribution in [0, 0.1) is 11.3 Å². The quantitative estimate of drug-likeness (QED) is 0.795. The molecule has 18 heavy (non-hydrogen) atoms. The van der Waals surface area contributed by atoms with Crippen LogP contribution in [0.2, 0.25) is 0 Å². The summed E-state index contributed by atoms with van der Waals surface area (Å²) in [6.45, 7) is 6.09. The van der Waals surface area contributed by atoms with Gasteiger partial charge in [-0.25, -0.2) is 4.79 Å². The lowest BCUT2D eigenvalue weighted by Gasteiger charge is -2.30. The van der Waals surface area contributed by atoms with Crippen LogP contribution in [-0.4, -0.2) is 46.7 Å². The first-order chi connectivity index (χ1) is 8.22. The Bertz CT molecular complexity index is 341. The van der Waals surface area contributed by atoms with Crippen molar-refractivity contribution in [1.82, 2.24) is 4.90 Å². The zero-order valence-corrected chi connectivity index (χ0v) is 11.3. The van der Waals surface area contributed by atoms with Gasteiger partial charge >= 0.3 is 6.09 Å². The summed E-state index contributed by atoms with van der Waals surface area (Å²) in [5, 5.41) is 17.3. The fraction of sp³-hybridized carbons (Fsp3) is 0.750. The van der Waals surface area contributed by atoms with E-state index < -0.39 is 30.1 Å². The predicted octanol–water partition coefficient (Wildman–Crippen LogP) is 1.09. The Hall–Kier alpha value is -1.61. The molecule has 1 atom stereocenters. The molecule has 1 amide bonds. The van der Waals surface area contributed by atoms with Gasteiger partial charge in [-0.05, 0) is 27.7 Å². The topological polar surface area (TPSA) is 90.6 Å². The van der Waals surface area contributed by atoms with Crippen LogP contribution in [0.1, 0.15) is 34.1 Å². The van der Waals surface area contributed by atoms with E-state index in [1.54, 1.807) is 20.8 Å². The molecule has 6 heteroatoms. The van der Waals surface area contributed by atoms with E-state index >= 15 is 0 Å². The number of nitriles is 1. The number of carbonyl (C=O) groups excluding carboxylic acids is 2. The van der Waals surface area contributed by atoms with Crippen LogP contribution in [0.25, 0.3) is 0 Å². The first-order valence-corrected chi connectivity index (χ1v) is 5.73. The van der Waals surface area contributed by atoms with Crippen LogP contribution in [-0.2, 0) is 9.53 Å². The summed E-state index contributed by atoms with van der Waals surface area (Å²) >= 11 is 0. The van der Waals surface area contributed by atoms with Crippen LogP contribution in [0.5, 0.6) is 0 Å². The zero-order valence-electron chi connectivity index (χ0n) is 11.3. The third-order valence-corrected chi connectivity index (χ3v) is 2.18. The maximum atomic E-state index is 11.9. The number of rotatable bonds is 5. The summed E-state index contributed by atoms with van der Waals surface area (Å²) in [6, 6.07) is 1.10. The fourth-order valence-corrected chi connectivity index (χ4v) is 1.24. The first kappa shape index (κ1) is 16.4. The zero-order chi connectivity index (χ0) is 14.3. The van der Waals surface area contributed by atoms with Gasteiger partial charge < -0.3 is 9.84 Å². The number of hydrogen-bond donors (Lipinski definition) is 1. The van der Waals surface area contributed by atoms with Crippen LogP contribution < -0.4 is 0 Å².